The van der Waals surface area contributed by atoms with Crippen molar-refractivity contribution >= 4 is 0 Å². The molecule has 0 radical (unpaired) electrons. The average Bonchev–Trinajstić information content (AvgIpc) is 2.19. The predicted molar refractivity (Wildman–Crippen MR) is 42.9 cm³/mol. The average molecular weight is 205 g/mol. The van der Waals surface area contributed by atoms with Crippen molar-refractivity contribution in [2.75, 3.05) is 6.61 Å². The summed E-state index contributed by atoms with van der Waals surface area (Å²) in [7, 11) is 0. The lowest BCUT2D eigenvalue weighted by Crippen LogP contribution is -2.57. The maximum Gasteiger partial charge on any atom is 0.165 e. The molecule has 14 heavy (non-hydrogen) atoms. The molecule has 5 atom stereocenters. The topological polar surface area (TPSA) is 139 Å². The van der Waals surface area contributed by atoms with E-state index in [1.165, 1.54) is 0 Å². The Labute approximate surface area is 79.0 Å². The molecule has 8 nitrogen and oxygen atoms in total. The molecule has 4 N–H and O–H groups in total. The highest BCUT2D eigenvalue weighted by molar-refractivity contribution is 4.90. The second-order valence-corrected chi connectivity index (χ2v) is 2.92. The quantitative estimate of drug-likeness (QED) is 0.237. The molecule has 0 amide bonds. The number of nitrogens with zero attached hydrogens (tertiary/aromatic N) is 3. The molecular weight excluding hydrogens is 194 g/mol. The Morgan fingerprint density at radius 3 is 2.36 bits per heavy atom. The fourth-order valence-electron chi connectivity index (χ4n) is 1.23. The Bertz CT molecular complexity index is 242. The molecule has 0 saturated carbocycles. The number of ether oxygens (including phenoxy) is 1. The van der Waals surface area contributed by atoms with Crippen molar-refractivity contribution in [3.05, 3.63) is 10.4 Å². The molecule has 1 saturated heterocycles. The maximum absolute atomic E-state index is 9.27. The fraction of sp³-hybridized carbons (Fsp3) is 1.00. The predicted octanol–water partition coefficient (Wildman–Crippen LogP) is -1.90. The van der Waals surface area contributed by atoms with Crippen LogP contribution in [0.2, 0.25) is 0 Å². The van der Waals surface area contributed by atoms with E-state index in [2.05, 4.69) is 10.0 Å². The van der Waals surface area contributed by atoms with Gasteiger partial charge in [0.05, 0.1) is 6.61 Å². The van der Waals surface area contributed by atoms with Crippen molar-refractivity contribution in [1.29, 1.82) is 0 Å². The molecule has 1 aliphatic heterocycles. The van der Waals surface area contributed by atoms with Crippen LogP contribution in [0.15, 0.2) is 5.11 Å². The van der Waals surface area contributed by atoms with Crippen molar-refractivity contribution in [1.82, 2.24) is 0 Å². The Balaban J connectivity index is 2.77. The van der Waals surface area contributed by atoms with Crippen LogP contribution in [0.1, 0.15) is 0 Å². The van der Waals surface area contributed by atoms with Crippen molar-refractivity contribution in [2.45, 2.75) is 30.6 Å². The van der Waals surface area contributed by atoms with Crippen molar-refractivity contribution in [2.24, 2.45) is 5.11 Å². The third-order valence-electron chi connectivity index (χ3n) is 2.03. The number of azide groups is 1. The molecule has 3 unspecified atom stereocenters. The summed E-state index contributed by atoms with van der Waals surface area (Å²) in [4.78, 5) is 2.40. The van der Waals surface area contributed by atoms with Gasteiger partial charge in [-0.25, -0.2) is 0 Å². The Hall–Kier alpha value is -0.890. The van der Waals surface area contributed by atoms with Gasteiger partial charge in [-0.1, -0.05) is 5.11 Å². The van der Waals surface area contributed by atoms with Crippen LogP contribution in [0, 0.1) is 0 Å². The van der Waals surface area contributed by atoms with Gasteiger partial charge in [-0.15, -0.1) is 0 Å². The summed E-state index contributed by atoms with van der Waals surface area (Å²) < 4.78 is 4.84. The molecule has 0 aromatic carbocycles. The van der Waals surface area contributed by atoms with E-state index in [0.29, 0.717) is 0 Å². The van der Waals surface area contributed by atoms with Crippen LogP contribution < -0.4 is 0 Å². The standard InChI is InChI=1S/C6H11N3O5/c7-9-8-6-5(13)4(12)3(11)2(1-10)14-6/h2-6,10-13H,1H2/t2?,3-,4?,5?,6+/m0/s1. The number of hydrogen-bond acceptors (Lipinski definition) is 6. The molecular formula is C6H11N3O5. The van der Waals surface area contributed by atoms with E-state index in [-0.39, 0.29) is 0 Å². The smallest absolute Gasteiger partial charge is 0.165 e. The van der Waals surface area contributed by atoms with E-state index in [0.717, 1.165) is 0 Å². The summed E-state index contributed by atoms with van der Waals surface area (Å²) in [5.41, 5.74) is 8.11. The number of aliphatic hydroxyl groups excluding tert-OH is 4. The van der Waals surface area contributed by atoms with Gasteiger partial charge in [-0.3, -0.25) is 0 Å². The monoisotopic (exact) mass is 205 g/mol. The second kappa shape index (κ2) is 4.56. The van der Waals surface area contributed by atoms with Gasteiger partial charge in [-0.05, 0) is 5.53 Å². The molecule has 0 aliphatic carbocycles. The van der Waals surface area contributed by atoms with Gasteiger partial charge in [0.15, 0.2) is 6.23 Å². The van der Waals surface area contributed by atoms with Crippen molar-refractivity contribution < 1.29 is 25.2 Å². The minimum Gasteiger partial charge on any atom is -0.394 e. The molecule has 0 spiro atoms. The zero-order valence-corrected chi connectivity index (χ0v) is 7.13. The number of hydrogen-bond donors (Lipinski definition) is 4. The summed E-state index contributed by atoms with van der Waals surface area (Å²) in [6.07, 6.45) is -6.76. The first kappa shape index (κ1) is 11.2. The first-order valence-corrected chi connectivity index (χ1v) is 3.96. The molecule has 1 heterocycles. The molecule has 1 aliphatic rings. The van der Waals surface area contributed by atoms with Gasteiger partial charge < -0.3 is 25.2 Å². The molecule has 1 fully saturated rings. The van der Waals surface area contributed by atoms with Crippen LogP contribution in [0.5, 0.6) is 0 Å². The molecule has 0 aromatic heterocycles. The van der Waals surface area contributed by atoms with E-state index < -0.39 is 37.3 Å². The fourth-order valence-corrected chi connectivity index (χ4v) is 1.23. The number of aliphatic hydroxyl groups is 4. The van der Waals surface area contributed by atoms with Gasteiger partial charge in [0.25, 0.3) is 0 Å². The minimum atomic E-state index is -1.50. The summed E-state index contributed by atoms with van der Waals surface area (Å²) in [5.74, 6) is 0. The highest BCUT2D eigenvalue weighted by Gasteiger charge is 2.42. The van der Waals surface area contributed by atoms with Gasteiger partial charge >= 0.3 is 0 Å². The lowest BCUT2D eigenvalue weighted by atomic mass is 9.99. The van der Waals surface area contributed by atoms with Gasteiger partial charge in [0, 0.05) is 4.91 Å². The van der Waals surface area contributed by atoms with Crippen LogP contribution in [-0.2, 0) is 4.74 Å². The molecule has 1 rings (SSSR count). The van der Waals surface area contributed by atoms with Crippen molar-refractivity contribution in [3.63, 3.8) is 0 Å². The summed E-state index contributed by atoms with van der Waals surface area (Å²) >= 11 is 0. The third kappa shape index (κ3) is 1.95. The third-order valence-corrected chi connectivity index (χ3v) is 2.03. The zero-order chi connectivity index (χ0) is 10.7. The van der Waals surface area contributed by atoms with E-state index >= 15 is 0 Å². The Kier molecular flexibility index (Phi) is 3.64. The Morgan fingerprint density at radius 1 is 1.21 bits per heavy atom. The van der Waals surface area contributed by atoms with E-state index in [9.17, 15) is 15.3 Å². The molecule has 80 valence electrons. The minimum absolute atomic E-state index is 0.539. The normalized spacial score (nSPS) is 43.0. The first-order chi connectivity index (χ1) is 6.61. The first-order valence-electron chi connectivity index (χ1n) is 3.96. The number of rotatable bonds is 2. The largest absolute Gasteiger partial charge is 0.394 e. The van der Waals surface area contributed by atoms with Gasteiger partial charge in [0.1, 0.15) is 24.4 Å². The van der Waals surface area contributed by atoms with Crippen LogP contribution in [0.25, 0.3) is 10.4 Å². The second-order valence-electron chi connectivity index (χ2n) is 2.92. The van der Waals surface area contributed by atoms with Crippen molar-refractivity contribution in [3.8, 4) is 0 Å². The summed E-state index contributed by atoms with van der Waals surface area (Å²) in [5, 5.41) is 39.6. The maximum atomic E-state index is 9.27. The highest BCUT2D eigenvalue weighted by atomic mass is 16.6. The van der Waals surface area contributed by atoms with Crippen LogP contribution in [0.4, 0.5) is 0 Å². The highest BCUT2D eigenvalue weighted by Crippen LogP contribution is 2.21. The van der Waals surface area contributed by atoms with Gasteiger partial charge in [-0.2, -0.15) is 0 Å². The summed E-state index contributed by atoms with van der Waals surface area (Å²) in [6.45, 7) is -0.539. The molecule has 0 aromatic rings. The molecule has 0 bridgehead atoms. The van der Waals surface area contributed by atoms with E-state index in [1.54, 1.807) is 0 Å². The van der Waals surface area contributed by atoms with E-state index in [1.807, 2.05) is 0 Å². The SMILES string of the molecule is [N-]=[N+]=N[C@@H]1OC(CO)[C@H](O)C(O)C1O. The Morgan fingerprint density at radius 2 is 1.86 bits per heavy atom. The molecule has 8 heteroatoms. The van der Waals surface area contributed by atoms with Crippen LogP contribution in [-0.4, -0.2) is 57.7 Å². The van der Waals surface area contributed by atoms with Gasteiger partial charge in [0.2, 0.25) is 0 Å². The van der Waals surface area contributed by atoms with E-state index in [4.69, 9.17) is 15.4 Å². The van der Waals surface area contributed by atoms with Crippen LogP contribution in [0.3, 0.4) is 0 Å². The summed E-state index contributed by atoms with van der Waals surface area (Å²) in [6, 6.07) is 0. The zero-order valence-electron chi connectivity index (χ0n) is 7.13. The van der Waals surface area contributed by atoms with Crippen LogP contribution >= 0.6 is 0 Å². The lowest BCUT2D eigenvalue weighted by molar-refractivity contribution is -0.227. The lowest BCUT2D eigenvalue weighted by Gasteiger charge is -2.37.